The van der Waals surface area contributed by atoms with Crippen LogP contribution in [0.5, 0.6) is 0 Å². The Morgan fingerprint density at radius 2 is 1.43 bits per heavy atom. The normalized spacial score (nSPS) is 36.1. The van der Waals surface area contributed by atoms with Crippen LogP contribution in [0, 0.1) is 11.3 Å². The van der Waals surface area contributed by atoms with Crippen LogP contribution in [0.4, 0.5) is 0 Å². The van der Waals surface area contributed by atoms with Crippen LogP contribution < -0.4 is 5.32 Å². The van der Waals surface area contributed by atoms with Gasteiger partial charge in [-0.1, -0.05) is 19.3 Å². The molecular weight excluding hydrogens is 260 g/mol. The number of nitrogens with one attached hydrogen (secondary N) is 1. The van der Waals surface area contributed by atoms with E-state index < -0.39 is 0 Å². The standard InChI is InChI=1S/C18H30N2O/c21-17(20-15-6-7-16(20)9-8-15)18(10-12-19-13-11-18)14-4-2-1-3-5-14/h14-16,19H,1-13H2. The van der Waals surface area contributed by atoms with E-state index in [4.69, 9.17) is 0 Å². The molecule has 0 aromatic rings. The van der Waals surface area contributed by atoms with Crippen molar-refractivity contribution in [3.8, 4) is 0 Å². The fourth-order valence-corrected chi connectivity index (χ4v) is 5.83. The van der Waals surface area contributed by atoms with E-state index >= 15 is 0 Å². The molecule has 0 atom stereocenters. The molecule has 4 aliphatic rings. The van der Waals surface area contributed by atoms with Gasteiger partial charge in [-0.05, 0) is 70.4 Å². The monoisotopic (exact) mass is 290 g/mol. The lowest BCUT2D eigenvalue weighted by atomic mass is 9.63. The number of fused-ring (bicyclic) bond motifs is 2. The predicted molar refractivity (Wildman–Crippen MR) is 84.0 cm³/mol. The molecular formula is C18H30N2O. The molecule has 3 nitrogen and oxygen atoms in total. The zero-order valence-corrected chi connectivity index (χ0v) is 13.3. The van der Waals surface area contributed by atoms with Crippen LogP contribution in [-0.4, -0.2) is 36.0 Å². The van der Waals surface area contributed by atoms with E-state index in [0.717, 1.165) is 25.9 Å². The minimum Gasteiger partial charge on any atom is -0.336 e. The molecule has 1 N–H and O–H groups in total. The molecule has 0 aromatic carbocycles. The lowest BCUT2D eigenvalue weighted by Crippen LogP contribution is -2.54. The number of carbonyl (C=O) groups is 1. The lowest BCUT2D eigenvalue weighted by Gasteiger charge is -2.47. The quantitative estimate of drug-likeness (QED) is 0.847. The van der Waals surface area contributed by atoms with Gasteiger partial charge >= 0.3 is 0 Å². The van der Waals surface area contributed by atoms with Crippen molar-refractivity contribution in [1.82, 2.24) is 10.2 Å². The average Bonchev–Trinajstić information content (AvgIpc) is 3.16. The minimum atomic E-state index is -0.00313. The first kappa shape index (κ1) is 14.0. The number of amides is 1. The molecule has 1 aliphatic carbocycles. The van der Waals surface area contributed by atoms with Crippen LogP contribution in [0.3, 0.4) is 0 Å². The van der Waals surface area contributed by atoms with E-state index in [0.29, 0.717) is 23.9 Å². The lowest BCUT2D eigenvalue weighted by molar-refractivity contribution is -0.150. The molecule has 3 heteroatoms. The fourth-order valence-electron chi connectivity index (χ4n) is 5.83. The zero-order valence-electron chi connectivity index (χ0n) is 13.3. The van der Waals surface area contributed by atoms with Gasteiger partial charge in [-0.3, -0.25) is 4.79 Å². The molecule has 2 bridgehead atoms. The van der Waals surface area contributed by atoms with E-state index in [9.17, 15) is 4.79 Å². The van der Waals surface area contributed by atoms with Crippen LogP contribution >= 0.6 is 0 Å². The van der Waals surface area contributed by atoms with Gasteiger partial charge in [0.2, 0.25) is 5.91 Å². The Morgan fingerprint density at radius 1 is 0.857 bits per heavy atom. The number of rotatable bonds is 2. The highest BCUT2D eigenvalue weighted by molar-refractivity contribution is 5.84. The summed E-state index contributed by atoms with van der Waals surface area (Å²) in [5.41, 5.74) is -0.00313. The van der Waals surface area contributed by atoms with Crippen LogP contribution in [0.2, 0.25) is 0 Å². The van der Waals surface area contributed by atoms with E-state index in [1.807, 2.05) is 0 Å². The van der Waals surface area contributed by atoms with Gasteiger partial charge in [0, 0.05) is 12.1 Å². The number of hydrogen-bond donors (Lipinski definition) is 1. The summed E-state index contributed by atoms with van der Waals surface area (Å²) in [6.45, 7) is 2.09. The number of piperidine rings is 1. The first-order chi connectivity index (χ1) is 10.3. The molecule has 118 valence electrons. The van der Waals surface area contributed by atoms with Gasteiger partial charge in [-0.2, -0.15) is 0 Å². The van der Waals surface area contributed by atoms with Crippen molar-refractivity contribution in [2.45, 2.75) is 82.7 Å². The van der Waals surface area contributed by atoms with Gasteiger partial charge in [0.1, 0.15) is 0 Å². The van der Waals surface area contributed by atoms with Crippen molar-refractivity contribution < 1.29 is 4.79 Å². The summed E-state index contributed by atoms with van der Waals surface area (Å²) in [7, 11) is 0. The maximum absolute atomic E-state index is 13.6. The predicted octanol–water partition coefficient (Wildman–Crippen LogP) is 3.09. The molecule has 0 spiro atoms. The van der Waals surface area contributed by atoms with Gasteiger partial charge in [-0.25, -0.2) is 0 Å². The zero-order chi connectivity index (χ0) is 14.3. The van der Waals surface area contributed by atoms with E-state index in [-0.39, 0.29) is 5.41 Å². The highest BCUT2D eigenvalue weighted by Gasteiger charge is 2.53. The highest BCUT2D eigenvalue weighted by atomic mass is 16.2. The highest BCUT2D eigenvalue weighted by Crippen LogP contribution is 2.49. The Balaban J connectivity index is 1.60. The first-order valence-corrected chi connectivity index (χ1v) is 9.35. The Bertz CT molecular complexity index is 376. The third kappa shape index (κ3) is 2.23. The summed E-state index contributed by atoms with van der Waals surface area (Å²) in [6.07, 6.45) is 14.0. The average molecular weight is 290 g/mol. The molecule has 4 fully saturated rings. The first-order valence-electron chi connectivity index (χ1n) is 9.35. The van der Waals surface area contributed by atoms with Crippen LogP contribution in [0.1, 0.15) is 70.6 Å². The summed E-state index contributed by atoms with van der Waals surface area (Å²) >= 11 is 0. The summed E-state index contributed by atoms with van der Waals surface area (Å²) < 4.78 is 0. The smallest absolute Gasteiger partial charge is 0.229 e. The van der Waals surface area contributed by atoms with Crippen molar-refractivity contribution in [1.29, 1.82) is 0 Å². The Labute approximate surface area is 128 Å². The second kappa shape index (κ2) is 5.57. The van der Waals surface area contributed by atoms with Gasteiger partial charge in [-0.15, -0.1) is 0 Å². The maximum atomic E-state index is 13.6. The molecule has 0 unspecified atom stereocenters. The molecule has 0 radical (unpaired) electrons. The second-order valence-electron chi connectivity index (χ2n) is 7.92. The SMILES string of the molecule is O=C(N1C2CCC1CC2)C1(C2CCCCC2)CCNCC1. The van der Waals surface area contributed by atoms with E-state index in [2.05, 4.69) is 10.2 Å². The topological polar surface area (TPSA) is 32.3 Å². The van der Waals surface area contributed by atoms with Crippen molar-refractivity contribution in [3.63, 3.8) is 0 Å². The minimum absolute atomic E-state index is 0.00313. The Morgan fingerprint density at radius 3 is 2.00 bits per heavy atom. The van der Waals surface area contributed by atoms with E-state index in [1.54, 1.807) is 0 Å². The fraction of sp³-hybridized carbons (Fsp3) is 0.944. The molecule has 0 aromatic heterocycles. The Hall–Kier alpha value is -0.570. The summed E-state index contributed by atoms with van der Waals surface area (Å²) in [4.78, 5) is 16.0. The van der Waals surface area contributed by atoms with Crippen molar-refractivity contribution >= 4 is 5.91 Å². The van der Waals surface area contributed by atoms with Gasteiger partial charge in [0.15, 0.2) is 0 Å². The molecule has 3 saturated heterocycles. The molecule has 3 heterocycles. The van der Waals surface area contributed by atoms with Crippen LogP contribution in [-0.2, 0) is 4.79 Å². The molecule has 21 heavy (non-hydrogen) atoms. The molecule has 4 rings (SSSR count). The largest absolute Gasteiger partial charge is 0.336 e. The third-order valence-corrected chi connectivity index (χ3v) is 7.00. The molecule has 1 saturated carbocycles. The van der Waals surface area contributed by atoms with Crippen molar-refractivity contribution in [2.24, 2.45) is 11.3 Å². The number of hydrogen-bond acceptors (Lipinski definition) is 2. The van der Waals surface area contributed by atoms with Gasteiger partial charge < -0.3 is 10.2 Å². The summed E-state index contributed by atoms with van der Waals surface area (Å²) in [5, 5.41) is 3.49. The second-order valence-corrected chi connectivity index (χ2v) is 7.92. The van der Waals surface area contributed by atoms with Crippen molar-refractivity contribution in [3.05, 3.63) is 0 Å². The van der Waals surface area contributed by atoms with Crippen molar-refractivity contribution in [2.75, 3.05) is 13.1 Å². The summed E-state index contributed by atoms with van der Waals surface area (Å²) in [5.74, 6) is 1.24. The Kier molecular flexibility index (Phi) is 3.72. The van der Waals surface area contributed by atoms with E-state index in [1.165, 1.54) is 57.8 Å². The van der Waals surface area contributed by atoms with Gasteiger partial charge in [0.05, 0.1) is 5.41 Å². The van der Waals surface area contributed by atoms with Crippen LogP contribution in [0.15, 0.2) is 0 Å². The third-order valence-electron chi connectivity index (χ3n) is 7.00. The molecule has 3 aliphatic heterocycles. The maximum Gasteiger partial charge on any atom is 0.229 e. The number of carbonyl (C=O) groups excluding carboxylic acids is 1. The van der Waals surface area contributed by atoms with Crippen LogP contribution in [0.25, 0.3) is 0 Å². The summed E-state index contributed by atoms with van der Waals surface area (Å²) in [6, 6.07) is 1.19. The van der Waals surface area contributed by atoms with Gasteiger partial charge in [0.25, 0.3) is 0 Å². The number of nitrogens with zero attached hydrogens (tertiary/aromatic N) is 1. The molecule has 1 amide bonds.